The zero-order chi connectivity index (χ0) is 19.4. The number of nitrogens with zero attached hydrogens (tertiary/aromatic N) is 2. The molecule has 3 atom stereocenters. The Morgan fingerprint density at radius 1 is 1.26 bits per heavy atom. The third-order valence-corrected chi connectivity index (χ3v) is 5.41. The van der Waals surface area contributed by atoms with Crippen molar-refractivity contribution >= 4 is 0 Å². The second-order valence-electron chi connectivity index (χ2n) is 6.81. The molecule has 27 heavy (non-hydrogen) atoms. The Morgan fingerprint density at radius 3 is 2.56 bits per heavy atom. The fraction of sp³-hybridized carbons (Fsp3) is 0.444. The molecular formula is C18H18F2N2O5. The van der Waals surface area contributed by atoms with E-state index in [4.69, 9.17) is 9.47 Å². The van der Waals surface area contributed by atoms with Gasteiger partial charge in [-0.05, 0) is 17.7 Å². The van der Waals surface area contributed by atoms with Crippen molar-refractivity contribution in [1.29, 1.82) is 0 Å². The summed E-state index contributed by atoms with van der Waals surface area (Å²) in [5, 5.41) is 9.32. The number of ether oxygens (including phenoxy) is 2. The SMILES string of the molecule is COc1ccc(Cn2c(=O)ccn([C@H]3C[C@@H]4C(F)(F)[C@]4(CO)O3)c2=O)cc1. The summed E-state index contributed by atoms with van der Waals surface area (Å²) >= 11 is 0. The number of benzene rings is 1. The summed E-state index contributed by atoms with van der Waals surface area (Å²) in [7, 11) is 1.53. The van der Waals surface area contributed by atoms with E-state index in [0.29, 0.717) is 11.3 Å². The van der Waals surface area contributed by atoms with Gasteiger partial charge in [-0.25, -0.2) is 13.6 Å². The maximum Gasteiger partial charge on any atom is 0.333 e. The highest BCUT2D eigenvalue weighted by Crippen LogP contribution is 2.69. The lowest BCUT2D eigenvalue weighted by Crippen LogP contribution is -2.42. The number of halogens is 2. The zero-order valence-electron chi connectivity index (χ0n) is 14.5. The molecule has 1 aliphatic carbocycles. The molecule has 1 aromatic heterocycles. The van der Waals surface area contributed by atoms with Gasteiger partial charge in [-0.15, -0.1) is 0 Å². The molecule has 1 saturated heterocycles. The largest absolute Gasteiger partial charge is 0.497 e. The first kappa shape index (κ1) is 17.9. The molecule has 1 aliphatic heterocycles. The summed E-state index contributed by atoms with van der Waals surface area (Å²) < 4.78 is 40.1. The number of aromatic nitrogens is 2. The van der Waals surface area contributed by atoms with Gasteiger partial charge in [0.1, 0.15) is 12.0 Å². The van der Waals surface area contributed by atoms with Crippen LogP contribution in [0.3, 0.4) is 0 Å². The highest BCUT2D eigenvalue weighted by molar-refractivity contribution is 5.27. The summed E-state index contributed by atoms with van der Waals surface area (Å²) in [5.74, 6) is -3.58. The van der Waals surface area contributed by atoms with Crippen LogP contribution in [0.4, 0.5) is 8.78 Å². The lowest BCUT2D eigenvalue weighted by atomic mass is 10.2. The van der Waals surface area contributed by atoms with E-state index in [1.165, 1.54) is 19.4 Å². The Kier molecular flexibility index (Phi) is 3.97. The molecule has 0 unspecified atom stereocenters. The number of rotatable bonds is 5. The zero-order valence-corrected chi connectivity index (χ0v) is 14.5. The first-order chi connectivity index (χ1) is 12.8. The van der Waals surface area contributed by atoms with Crippen LogP contribution < -0.4 is 16.0 Å². The molecule has 2 heterocycles. The highest BCUT2D eigenvalue weighted by Gasteiger charge is 2.85. The average Bonchev–Trinajstić information content (AvgIpc) is 2.97. The van der Waals surface area contributed by atoms with Gasteiger partial charge in [-0.2, -0.15) is 0 Å². The number of aliphatic hydroxyl groups excluding tert-OH is 1. The molecule has 7 nitrogen and oxygen atoms in total. The standard InChI is InChI=1S/C18H18F2N2O5/c1-26-12-4-2-11(3-5-12)9-22-14(24)6-7-21(16(22)25)15-8-13-17(10-23,27-15)18(13,19)20/h2-7,13,15,23H,8-10H2,1H3/t13-,15+,17+/m0/s1. The third-order valence-electron chi connectivity index (χ3n) is 5.41. The lowest BCUT2D eigenvalue weighted by Gasteiger charge is -2.22. The van der Waals surface area contributed by atoms with Gasteiger partial charge in [-0.3, -0.25) is 13.9 Å². The molecule has 144 valence electrons. The van der Waals surface area contributed by atoms with E-state index < -0.39 is 41.5 Å². The van der Waals surface area contributed by atoms with Crippen molar-refractivity contribution in [3.05, 3.63) is 62.9 Å². The van der Waals surface area contributed by atoms with Crippen molar-refractivity contribution in [2.45, 2.75) is 30.7 Å². The van der Waals surface area contributed by atoms with E-state index in [0.717, 1.165) is 9.13 Å². The molecule has 2 fully saturated rings. The normalized spacial score (nSPS) is 28.0. The number of alkyl halides is 2. The van der Waals surface area contributed by atoms with Crippen LogP contribution >= 0.6 is 0 Å². The third kappa shape index (κ3) is 2.53. The molecule has 1 N–H and O–H groups in total. The van der Waals surface area contributed by atoms with Gasteiger partial charge in [0, 0.05) is 18.7 Å². The maximum absolute atomic E-state index is 13.7. The van der Waals surface area contributed by atoms with Gasteiger partial charge < -0.3 is 14.6 Å². The number of fused-ring (bicyclic) bond motifs is 1. The van der Waals surface area contributed by atoms with E-state index in [9.17, 15) is 23.5 Å². The minimum atomic E-state index is -3.10. The van der Waals surface area contributed by atoms with E-state index >= 15 is 0 Å². The van der Waals surface area contributed by atoms with Crippen LogP contribution in [-0.4, -0.2) is 39.5 Å². The van der Waals surface area contributed by atoms with Crippen LogP contribution in [0, 0.1) is 5.92 Å². The quantitative estimate of drug-likeness (QED) is 0.836. The summed E-state index contributed by atoms with van der Waals surface area (Å²) in [6, 6.07) is 8.07. The van der Waals surface area contributed by atoms with Crippen LogP contribution in [0.5, 0.6) is 5.75 Å². The smallest absolute Gasteiger partial charge is 0.333 e. The van der Waals surface area contributed by atoms with E-state index in [1.807, 2.05) is 0 Å². The van der Waals surface area contributed by atoms with Crippen molar-refractivity contribution in [2.75, 3.05) is 13.7 Å². The Morgan fingerprint density at radius 2 is 1.96 bits per heavy atom. The summed E-state index contributed by atoms with van der Waals surface area (Å²) in [6.45, 7) is -0.790. The molecule has 1 aromatic carbocycles. The molecule has 0 radical (unpaired) electrons. The topological polar surface area (TPSA) is 82.7 Å². The van der Waals surface area contributed by atoms with Crippen LogP contribution in [0.25, 0.3) is 0 Å². The van der Waals surface area contributed by atoms with Crippen molar-refractivity contribution in [3.63, 3.8) is 0 Å². The van der Waals surface area contributed by atoms with E-state index in [2.05, 4.69) is 0 Å². The molecule has 1 saturated carbocycles. The maximum atomic E-state index is 13.7. The molecule has 0 spiro atoms. The summed E-state index contributed by atoms with van der Waals surface area (Å²) in [5.41, 5.74) is -2.37. The molecule has 4 rings (SSSR count). The summed E-state index contributed by atoms with van der Waals surface area (Å²) in [4.78, 5) is 24.9. The van der Waals surface area contributed by atoms with Crippen molar-refractivity contribution in [3.8, 4) is 5.75 Å². The predicted molar refractivity (Wildman–Crippen MR) is 90.1 cm³/mol. The van der Waals surface area contributed by atoms with Crippen LogP contribution in [0.2, 0.25) is 0 Å². The molecule has 0 amide bonds. The number of methoxy groups -OCH3 is 1. The Hall–Kier alpha value is -2.52. The molecule has 2 aromatic rings. The van der Waals surface area contributed by atoms with Crippen molar-refractivity contribution < 1.29 is 23.4 Å². The highest BCUT2D eigenvalue weighted by atomic mass is 19.3. The average molecular weight is 380 g/mol. The van der Waals surface area contributed by atoms with Crippen molar-refractivity contribution in [2.24, 2.45) is 5.92 Å². The van der Waals surface area contributed by atoms with Crippen molar-refractivity contribution in [1.82, 2.24) is 9.13 Å². The number of aliphatic hydroxyl groups is 1. The van der Waals surface area contributed by atoms with E-state index in [-0.39, 0.29) is 13.0 Å². The van der Waals surface area contributed by atoms with Crippen LogP contribution in [-0.2, 0) is 11.3 Å². The van der Waals surface area contributed by atoms with Gasteiger partial charge in [0.15, 0.2) is 5.60 Å². The van der Waals surface area contributed by atoms with Crippen LogP contribution in [0.1, 0.15) is 18.2 Å². The first-order valence-electron chi connectivity index (χ1n) is 8.45. The Balaban J connectivity index is 1.62. The van der Waals surface area contributed by atoms with Gasteiger partial charge in [0.25, 0.3) is 11.5 Å². The Bertz CT molecular complexity index is 984. The minimum absolute atomic E-state index is 0.0277. The second-order valence-corrected chi connectivity index (χ2v) is 6.81. The van der Waals surface area contributed by atoms with Gasteiger partial charge in [0.2, 0.25) is 0 Å². The number of hydrogen-bond donors (Lipinski definition) is 1. The van der Waals surface area contributed by atoms with E-state index in [1.54, 1.807) is 24.3 Å². The molecule has 0 bridgehead atoms. The van der Waals surface area contributed by atoms with Gasteiger partial charge in [-0.1, -0.05) is 12.1 Å². The second kappa shape index (κ2) is 6.00. The van der Waals surface area contributed by atoms with Crippen LogP contribution in [0.15, 0.2) is 46.1 Å². The predicted octanol–water partition coefficient (Wildman–Crippen LogP) is 0.982. The molecule has 2 aliphatic rings. The minimum Gasteiger partial charge on any atom is -0.497 e. The Labute approximate surface area is 152 Å². The fourth-order valence-corrected chi connectivity index (χ4v) is 3.73. The molecular weight excluding hydrogens is 362 g/mol. The fourth-order valence-electron chi connectivity index (χ4n) is 3.73. The first-order valence-corrected chi connectivity index (χ1v) is 8.45. The monoisotopic (exact) mass is 380 g/mol. The number of hydrogen-bond acceptors (Lipinski definition) is 5. The molecule has 9 heteroatoms. The summed E-state index contributed by atoms with van der Waals surface area (Å²) in [6.07, 6.45) is 0.194. The van der Waals surface area contributed by atoms with Gasteiger partial charge in [0.05, 0.1) is 26.2 Å². The van der Waals surface area contributed by atoms with Gasteiger partial charge >= 0.3 is 5.69 Å². The lowest BCUT2D eigenvalue weighted by molar-refractivity contribution is -0.131.